The van der Waals surface area contributed by atoms with Gasteiger partial charge in [-0.3, -0.25) is 4.79 Å². The quantitative estimate of drug-likeness (QED) is 0.705. The Bertz CT molecular complexity index is 922. The monoisotopic (exact) mass is 268 g/mol. The van der Waals surface area contributed by atoms with Crippen molar-refractivity contribution in [1.29, 1.82) is 0 Å². The van der Waals surface area contributed by atoms with Crippen molar-refractivity contribution >= 4 is 10.9 Å². The maximum absolute atomic E-state index is 12.4. The Hall–Kier alpha value is -2.82. The molecule has 2 aromatic carbocycles. The number of H-pyrrole nitrogens is 1. The van der Waals surface area contributed by atoms with Crippen molar-refractivity contribution in [3.8, 4) is 11.4 Å². The van der Waals surface area contributed by atoms with Gasteiger partial charge in [-0.15, -0.1) is 0 Å². The zero-order valence-electron chi connectivity index (χ0n) is 10.8. The first-order valence-corrected chi connectivity index (χ1v) is 6.11. The van der Waals surface area contributed by atoms with Crippen molar-refractivity contribution in [3.63, 3.8) is 0 Å². The highest BCUT2D eigenvalue weighted by Crippen LogP contribution is 2.14. The summed E-state index contributed by atoms with van der Waals surface area (Å²) >= 11 is 0. The average molecular weight is 268 g/mol. The van der Waals surface area contributed by atoms with Crippen molar-refractivity contribution in [2.24, 2.45) is 0 Å². The molecule has 0 spiro atoms. The van der Waals surface area contributed by atoms with E-state index in [4.69, 9.17) is 0 Å². The summed E-state index contributed by atoms with van der Waals surface area (Å²) in [5, 5.41) is 9.91. The summed E-state index contributed by atoms with van der Waals surface area (Å²) in [5.74, 6) is -0.00203. The van der Waals surface area contributed by atoms with E-state index in [1.54, 1.807) is 24.3 Å². The Balaban J connectivity index is 2.41. The second-order valence-corrected chi connectivity index (χ2v) is 4.64. The van der Waals surface area contributed by atoms with Gasteiger partial charge < -0.3 is 10.1 Å². The first-order chi connectivity index (χ1) is 9.56. The van der Waals surface area contributed by atoms with Crippen molar-refractivity contribution in [1.82, 2.24) is 9.55 Å². The lowest BCUT2D eigenvalue weighted by atomic mass is 10.2. The predicted molar refractivity (Wildman–Crippen MR) is 76.6 cm³/mol. The standard InChI is InChI=1S/C15H12N2O3/c1-9-5-6-12-13(7-9)16-15(20)17(14(12)19)10-3-2-4-11(18)8-10/h2-8,18H,1H3,(H,16,20). The molecule has 0 aliphatic carbocycles. The summed E-state index contributed by atoms with van der Waals surface area (Å²) in [6.45, 7) is 1.89. The zero-order valence-corrected chi connectivity index (χ0v) is 10.8. The Morgan fingerprint density at radius 1 is 1.10 bits per heavy atom. The summed E-state index contributed by atoms with van der Waals surface area (Å²) in [7, 11) is 0. The van der Waals surface area contributed by atoms with Gasteiger partial charge in [-0.25, -0.2) is 9.36 Å². The highest BCUT2D eigenvalue weighted by Gasteiger charge is 2.09. The fourth-order valence-corrected chi connectivity index (χ4v) is 2.20. The van der Waals surface area contributed by atoms with Crippen LogP contribution >= 0.6 is 0 Å². The molecular formula is C15H12N2O3. The fourth-order valence-electron chi connectivity index (χ4n) is 2.20. The van der Waals surface area contributed by atoms with Crippen LogP contribution in [-0.2, 0) is 0 Å². The van der Waals surface area contributed by atoms with E-state index in [9.17, 15) is 14.7 Å². The molecule has 0 fully saturated rings. The third-order valence-corrected chi connectivity index (χ3v) is 3.14. The van der Waals surface area contributed by atoms with E-state index in [1.807, 2.05) is 13.0 Å². The molecule has 0 radical (unpaired) electrons. The van der Waals surface area contributed by atoms with Crippen molar-refractivity contribution in [2.45, 2.75) is 6.92 Å². The number of hydrogen-bond acceptors (Lipinski definition) is 3. The molecule has 0 amide bonds. The van der Waals surface area contributed by atoms with Crippen LogP contribution in [0.4, 0.5) is 0 Å². The number of phenols is 1. The van der Waals surface area contributed by atoms with Gasteiger partial charge in [0.25, 0.3) is 5.56 Å². The van der Waals surface area contributed by atoms with Crippen LogP contribution in [-0.4, -0.2) is 14.7 Å². The molecule has 1 aromatic heterocycles. The maximum Gasteiger partial charge on any atom is 0.333 e. The number of fused-ring (bicyclic) bond motifs is 1. The van der Waals surface area contributed by atoms with E-state index in [0.29, 0.717) is 16.6 Å². The van der Waals surface area contributed by atoms with Gasteiger partial charge in [0.2, 0.25) is 0 Å². The normalized spacial score (nSPS) is 10.8. The lowest BCUT2D eigenvalue weighted by Gasteiger charge is -2.07. The van der Waals surface area contributed by atoms with Gasteiger partial charge in [0.1, 0.15) is 5.75 Å². The minimum Gasteiger partial charge on any atom is -0.508 e. The van der Waals surface area contributed by atoms with Gasteiger partial charge in [0, 0.05) is 6.07 Å². The van der Waals surface area contributed by atoms with Crippen molar-refractivity contribution < 1.29 is 5.11 Å². The summed E-state index contributed by atoms with van der Waals surface area (Å²) in [4.78, 5) is 27.2. The SMILES string of the molecule is Cc1ccc2c(=O)n(-c3cccc(O)c3)c(=O)[nH]c2c1. The molecule has 100 valence electrons. The Morgan fingerprint density at radius 3 is 2.65 bits per heavy atom. The molecule has 5 nitrogen and oxygen atoms in total. The van der Waals surface area contributed by atoms with Crippen molar-refractivity contribution in [2.75, 3.05) is 0 Å². The lowest BCUT2D eigenvalue weighted by molar-refractivity contribution is 0.475. The molecule has 3 aromatic rings. The third-order valence-electron chi connectivity index (χ3n) is 3.14. The molecule has 20 heavy (non-hydrogen) atoms. The zero-order chi connectivity index (χ0) is 14.3. The molecule has 0 atom stereocenters. The van der Waals surface area contributed by atoms with E-state index in [2.05, 4.69) is 4.98 Å². The number of rotatable bonds is 1. The van der Waals surface area contributed by atoms with Gasteiger partial charge in [-0.05, 0) is 36.8 Å². The summed E-state index contributed by atoms with van der Waals surface area (Å²) in [6, 6.07) is 11.3. The van der Waals surface area contributed by atoms with Crippen LogP contribution in [0.2, 0.25) is 0 Å². The number of aryl methyl sites for hydroxylation is 1. The predicted octanol–water partition coefficient (Wildman–Crippen LogP) is 1.69. The minimum absolute atomic E-state index is 0.00203. The van der Waals surface area contributed by atoms with E-state index in [0.717, 1.165) is 10.1 Å². The second kappa shape index (κ2) is 4.38. The summed E-state index contributed by atoms with van der Waals surface area (Å²) < 4.78 is 1.01. The Labute approximate surface area is 113 Å². The minimum atomic E-state index is -0.529. The molecule has 5 heteroatoms. The van der Waals surface area contributed by atoms with Gasteiger partial charge in [-0.1, -0.05) is 12.1 Å². The molecule has 2 N–H and O–H groups in total. The number of aromatic hydroxyl groups is 1. The second-order valence-electron chi connectivity index (χ2n) is 4.64. The maximum atomic E-state index is 12.4. The number of phenolic OH excluding ortho intramolecular Hbond substituents is 1. The van der Waals surface area contributed by atoms with Crippen LogP contribution in [0.25, 0.3) is 16.6 Å². The van der Waals surface area contributed by atoms with E-state index in [1.165, 1.54) is 12.1 Å². The Morgan fingerprint density at radius 2 is 1.90 bits per heavy atom. The molecule has 0 aliphatic heterocycles. The van der Waals surface area contributed by atoms with Crippen LogP contribution in [0.15, 0.2) is 52.1 Å². The fraction of sp³-hybridized carbons (Fsp3) is 0.0667. The van der Waals surface area contributed by atoms with Crippen LogP contribution in [0.1, 0.15) is 5.56 Å². The highest BCUT2D eigenvalue weighted by atomic mass is 16.3. The summed E-state index contributed by atoms with van der Waals surface area (Å²) in [6.07, 6.45) is 0. The van der Waals surface area contributed by atoms with Crippen LogP contribution < -0.4 is 11.2 Å². The molecule has 0 unspecified atom stereocenters. The molecular weight excluding hydrogens is 256 g/mol. The molecule has 0 bridgehead atoms. The largest absolute Gasteiger partial charge is 0.508 e. The van der Waals surface area contributed by atoms with Gasteiger partial charge in [0.15, 0.2) is 0 Å². The number of aromatic amines is 1. The van der Waals surface area contributed by atoms with E-state index >= 15 is 0 Å². The third kappa shape index (κ3) is 1.89. The molecule has 0 saturated carbocycles. The molecule has 1 heterocycles. The van der Waals surface area contributed by atoms with Gasteiger partial charge in [-0.2, -0.15) is 0 Å². The number of benzene rings is 2. The number of hydrogen-bond donors (Lipinski definition) is 2. The van der Waals surface area contributed by atoms with E-state index < -0.39 is 11.2 Å². The lowest BCUT2D eigenvalue weighted by Crippen LogP contribution is -2.33. The average Bonchev–Trinajstić information content (AvgIpc) is 2.38. The van der Waals surface area contributed by atoms with Crippen LogP contribution in [0.3, 0.4) is 0 Å². The number of aromatic nitrogens is 2. The van der Waals surface area contributed by atoms with Gasteiger partial charge >= 0.3 is 5.69 Å². The van der Waals surface area contributed by atoms with E-state index in [-0.39, 0.29) is 5.75 Å². The molecule has 3 rings (SSSR count). The first kappa shape index (κ1) is 12.2. The van der Waals surface area contributed by atoms with Crippen LogP contribution in [0, 0.1) is 6.92 Å². The summed E-state index contributed by atoms with van der Waals surface area (Å²) in [5.41, 5.74) is 0.867. The number of nitrogens with one attached hydrogen (secondary N) is 1. The first-order valence-electron chi connectivity index (χ1n) is 6.11. The highest BCUT2D eigenvalue weighted by molar-refractivity contribution is 5.78. The van der Waals surface area contributed by atoms with Crippen molar-refractivity contribution in [3.05, 3.63) is 68.9 Å². The molecule has 0 saturated heterocycles. The van der Waals surface area contributed by atoms with Gasteiger partial charge in [0.05, 0.1) is 16.6 Å². The molecule has 0 aliphatic rings. The Kier molecular flexibility index (Phi) is 2.68. The number of nitrogens with zero attached hydrogens (tertiary/aromatic N) is 1. The topological polar surface area (TPSA) is 75.1 Å². The van der Waals surface area contributed by atoms with Crippen LogP contribution in [0.5, 0.6) is 5.75 Å². The smallest absolute Gasteiger partial charge is 0.333 e.